The molecular formula is C30H34N6O2. The molecule has 1 aliphatic carbocycles. The van der Waals surface area contributed by atoms with Gasteiger partial charge in [0.15, 0.2) is 0 Å². The van der Waals surface area contributed by atoms with Gasteiger partial charge in [-0.25, -0.2) is 0 Å². The fraction of sp³-hybridized carbons (Fsp3) is 0.500. The highest BCUT2D eigenvalue weighted by atomic mass is 16.5. The predicted octanol–water partition coefficient (Wildman–Crippen LogP) is 3.56. The number of nitrogens with zero attached hydrogens (tertiary/aromatic N) is 6. The quantitative estimate of drug-likeness (QED) is 0.516. The van der Waals surface area contributed by atoms with Gasteiger partial charge in [-0.15, -0.1) is 0 Å². The first kappa shape index (κ1) is 23.8. The minimum absolute atomic E-state index is 0.101. The van der Waals surface area contributed by atoms with Crippen LogP contribution in [0.25, 0.3) is 10.9 Å². The third kappa shape index (κ3) is 4.49. The Bertz CT molecular complexity index is 1380. The molecule has 2 aromatic heterocycles. The summed E-state index contributed by atoms with van der Waals surface area (Å²) in [4.78, 5) is 16.5. The minimum atomic E-state index is -0.101. The van der Waals surface area contributed by atoms with Crippen LogP contribution in [0.15, 0.2) is 48.8 Å². The maximum Gasteiger partial charge on any atom is 0.111 e. The molecule has 1 spiro atoms. The topological polar surface area (TPSA) is 77.8 Å². The molecule has 0 radical (unpaired) electrons. The van der Waals surface area contributed by atoms with Gasteiger partial charge >= 0.3 is 0 Å². The van der Waals surface area contributed by atoms with E-state index < -0.39 is 0 Å². The summed E-state index contributed by atoms with van der Waals surface area (Å²) in [5.74, 6) is 0.667. The number of likely N-dealkylation sites (tertiary alicyclic amines) is 1. The summed E-state index contributed by atoms with van der Waals surface area (Å²) in [7, 11) is 0. The van der Waals surface area contributed by atoms with Gasteiger partial charge < -0.3 is 19.3 Å². The van der Waals surface area contributed by atoms with E-state index in [1.54, 1.807) is 6.20 Å². The maximum atomic E-state index is 9.53. The lowest BCUT2D eigenvalue weighted by atomic mass is 9.91. The van der Waals surface area contributed by atoms with Crippen LogP contribution >= 0.6 is 0 Å². The van der Waals surface area contributed by atoms with Crippen LogP contribution in [0.2, 0.25) is 0 Å². The third-order valence-electron chi connectivity index (χ3n) is 8.39. The van der Waals surface area contributed by atoms with E-state index in [2.05, 4.69) is 61.9 Å². The molecule has 5 heterocycles. The highest BCUT2D eigenvalue weighted by Crippen LogP contribution is 2.40. The summed E-state index contributed by atoms with van der Waals surface area (Å²) in [6, 6.07) is 14.7. The Labute approximate surface area is 223 Å². The van der Waals surface area contributed by atoms with Crippen LogP contribution in [0.5, 0.6) is 0 Å². The van der Waals surface area contributed by atoms with Crippen LogP contribution in [0.1, 0.15) is 36.9 Å². The van der Waals surface area contributed by atoms with Crippen molar-refractivity contribution in [1.82, 2.24) is 14.9 Å². The summed E-state index contributed by atoms with van der Waals surface area (Å²) in [5, 5.41) is 10.6. The molecule has 38 heavy (non-hydrogen) atoms. The summed E-state index contributed by atoms with van der Waals surface area (Å²) in [6.45, 7) is 9.16. The van der Waals surface area contributed by atoms with Crippen molar-refractivity contribution in [2.45, 2.75) is 43.5 Å². The minimum Gasteiger partial charge on any atom is -0.370 e. The van der Waals surface area contributed by atoms with Gasteiger partial charge in [-0.05, 0) is 56.2 Å². The largest absolute Gasteiger partial charge is 0.370 e. The second-order valence-corrected chi connectivity index (χ2v) is 11.5. The molecule has 1 saturated carbocycles. The van der Waals surface area contributed by atoms with E-state index in [1.165, 1.54) is 24.2 Å². The van der Waals surface area contributed by atoms with E-state index >= 15 is 0 Å². The molecule has 7 rings (SSSR count). The first-order chi connectivity index (χ1) is 18.6. The molecule has 196 valence electrons. The molecule has 0 bridgehead atoms. The summed E-state index contributed by atoms with van der Waals surface area (Å²) in [6.07, 6.45) is 6.51. The number of benzene rings is 1. The molecule has 1 aromatic carbocycles. The van der Waals surface area contributed by atoms with Crippen LogP contribution in [-0.2, 0) is 9.47 Å². The molecule has 4 fully saturated rings. The van der Waals surface area contributed by atoms with Crippen molar-refractivity contribution in [3.05, 3.63) is 60.0 Å². The zero-order valence-corrected chi connectivity index (χ0v) is 21.9. The summed E-state index contributed by atoms with van der Waals surface area (Å²) < 4.78 is 12.8. The third-order valence-corrected chi connectivity index (χ3v) is 8.39. The first-order valence-corrected chi connectivity index (χ1v) is 13.8. The molecule has 2 unspecified atom stereocenters. The molecule has 0 N–H and O–H groups in total. The average Bonchev–Trinajstić information content (AvgIpc) is 3.77. The standard InChI is InChI=1S/C30H34N6O2/c1-21-15-36(28-7-6-23(14-31)29-26(28)3-2-9-33-29)17-25(38-21)16-34-18-30(19-34)20-35(11-12-37-30)24-8-10-32-27(13-24)22-4-5-22/h2-3,6-10,13,21-22,25H,4-5,11-12,15-20H2,1H3. The number of ether oxygens (including phenoxy) is 2. The van der Waals surface area contributed by atoms with Crippen LogP contribution in [0.3, 0.4) is 0 Å². The Hall–Kier alpha value is -3.25. The highest BCUT2D eigenvalue weighted by molar-refractivity contribution is 5.95. The average molecular weight is 511 g/mol. The Morgan fingerprint density at radius 3 is 2.79 bits per heavy atom. The Kier molecular flexibility index (Phi) is 5.96. The lowest BCUT2D eigenvalue weighted by Gasteiger charge is -2.55. The van der Waals surface area contributed by atoms with Gasteiger partial charge in [0.05, 0.1) is 29.9 Å². The van der Waals surface area contributed by atoms with Gasteiger partial charge in [0.2, 0.25) is 0 Å². The molecule has 3 aliphatic heterocycles. The van der Waals surface area contributed by atoms with Crippen LogP contribution in [0.4, 0.5) is 11.4 Å². The molecule has 4 aliphatic rings. The van der Waals surface area contributed by atoms with Crippen LogP contribution in [-0.4, -0.2) is 85.1 Å². The van der Waals surface area contributed by atoms with E-state index in [4.69, 9.17) is 9.47 Å². The van der Waals surface area contributed by atoms with Gasteiger partial charge in [0, 0.05) is 86.6 Å². The molecule has 0 amide bonds. The Balaban J connectivity index is 1.01. The van der Waals surface area contributed by atoms with Crippen molar-refractivity contribution in [2.75, 3.05) is 62.2 Å². The smallest absolute Gasteiger partial charge is 0.111 e. The zero-order chi connectivity index (χ0) is 25.7. The van der Waals surface area contributed by atoms with Crippen molar-refractivity contribution in [2.24, 2.45) is 0 Å². The second kappa shape index (κ2) is 9.49. The Morgan fingerprint density at radius 2 is 1.95 bits per heavy atom. The predicted molar refractivity (Wildman–Crippen MR) is 147 cm³/mol. The van der Waals surface area contributed by atoms with Crippen molar-refractivity contribution in [3.8, 4) is 6.07 Å². The molecule has 3 saturated heterocycles. The highest BCUT2D eigenvalue weighted by Gasteiger charge is 2.48. The number of pyridine rings is 2. The van der Waals surface area contributed by atoms with Gasteiger partial charge in [0.1, 0.15) is 11.7 Å². The second-order valence-electron chi connectivity index (χ2n) is 11.5. The number of hydrogen-bond donors (Lipinski definition) is 0. The first-order valence-electron chi connectivity index (χ1n) is 13.8. The number of fused-ring (bicyclic) bond motifs is 1. The van der Waals surface area contributed by atoms with Gasteiger partial charge in [0.25, 0.3) is 0 Å². The number of hydrogen-bond acceptors (Lipinski definition) is 8. The fourth-order valence-corrected chi connectivity index (χ4v) is 6.54. The molecule has 3 aromatic rings. The number of nitriles is 1. The fourth-order valence-electron chi connectivity index (χ4n) is 6.54. The SMILES string of the molecule is CC1CN(c2ccc(C#N)c3ncccc23)CC(CN2CC3(C2)CN(c2ccnc(C4CC4)c2)CCO3)O1. The van der Waals surface area contributed by atoms with Crippen LogP contribution in [0, 0.1) is 11.3 Å². The number of morpholine rings is 2. The maximum absolute atomic E-state index is 9.53. The van der Waals surface area contributed by atoms with E-state index in [0.29, 0.717) is 11.5 Å². The lowest BCUT2D eigenvalue weighted by molar-refractivity contribution is -0.161. The summed E-state index contributed by atoms with van der Waals surface area (Å²) >= 11 is 0. The molecule has 2 atom stereocenters. The van der Waals surface area contributed by atoms with E-state index in [1.807, 2.05) is 18.3 Å². The zero-order valence-electron chi connectivity index (χ0n) is 21.9. The Morgan fingerprint density at radius 1 is 1.05 bits per heavy atom. The summed E-state index contributed by atoms with van der Waals surface area (Å²) in [5.41, 5.74) is 4.94. The van der Waals surface area contributed by atoms with Crippen molar-refractivity contribution < 1.29 is 9.47 Å². The van der Waals surface area contributed by atoms with Crippen molar-refractivity contribution >= 4 is 22.3 Å². The van der Waals surface area contributed by atoms with Crippen LogP contribution < -0.4 is 9.80 Å². The van der Waals surface area contributed by atoms with Crippen molar-refractivity contribution in [1.29, 1.82) is 5.26 Å². The van der Waals surface area contributed by atoms with Gasteiger partial charge in [-0.1, -0.05) is 0 Å². The van der Waals surface area contributed by atoms with E-state index in [0.717, 1.165) is 69.0 Å². The molecule has 8 nitrogen and oxygen atoms in total. The number of anilines is 2. The monoisotopic (exact) mass is 510 g/mol. The normalized spacial score (nSPS) is 25.4. The number of rotatable bonds is 5. The molecular weight excluding hydrogens is 476 g/mol. The number of aromatic nitrogens is 2. The lowest BCUT2D eigenvalue weighted by Crippen LogP contribution is -2.71. The van der Waals surface area contributed by atoms with E-state index in [-0.39, 0.29) is 17.8 Å². The van der Waals surface area contributed by atoms with Gasteiger partial charge in [-0.2, -0.15) is 5.26 Å². The molecule has 8 heteroatoms. The van der Waals surface area contributed by atoms with Gasteiger partial charge in [-0.3, -0.25) is 14.9 Å². The van der Waals surface area contributed by atoms with Crippen molar-refractivity contribution in [3.63, 3.8) is 0 Å². The van der Waals surface area contributed by atoms with E-state index in [9.17, 15) is 5.26 Å².